The van der Waals surface area contributed by atoms with Gasteiger partial charge in [-0.1, -0.05) is 34.1 Å². The second kappa shape index (κ2) is 6.10. The Morgan fingerprint density at radius 1 is 1.23 bits per heavy atom. The summed E-state index contributed by atoms with van der Waals surface area (Å²) in [6, 6.07) is 9.68. The first kappa shape index (κ1) is 15.1. The maximum atomic E-state index is 10.4. The fourth-order valence-electron chi connectivity index (χ4n) is 2.86. The summed E-state index contributed by atoms with van der Waals surface area (Å²) in [6.07, 6.45) is 0.280. The molecule has 7 heteroatoms. The fourth-order valence-corrected chi connectivity index (χ4v) is 3.44. The third-order valence-electron chi connectivity index (χ3n) is 3.95. The van der Waals surface area contributed by atoms with Gasteiger partial charge in [0, 0.05) is 29.5 Å². The van der Waals surface area contributed by atoms with Crippen molar-refractivity contribution in [3.05, 3.63) is 40.4 Å². The SMILES string of the molecule is Nc1cc(N2CC[C@H](O)[C@@H](c3ccccc3Br)C2)nc(N)n1. The molecular formula is C15H18BrN5O. The normalized spacial score (nSPS) is 21.8. The molecule has 2 heterocycles. The van der Waals surface area contributed by atoms with E-state index in [9.17, 15) is 5.11 Å². The molecule has 1 aliphatic heterocycles. The predicted molar refractivity (Wildman–Crippen MR) is 90.6 cm³/mol. The monoisotopic (exact) mass is 363 g/mol. The van der Waals surface area contributed by atoms with E-state index in [1.165, 1.54) is 0 Å². The molecule has 22 heavy (non-hydrogen) atoms. The third-order valence-corrected chi connectivity index (χ3v) is 4.68. The molecule has 0 spiro atoms. The van der Waals surface area contributed by atoms with E-state index < -0.39 is 0 Å². The van der Waals surface area contributed by atoms with Crippen molar-refractivity contribution in [3.8, 4) is 0 Å². The van der Waals surface area contributed by atoms with Crippen molar-refractivity contribution in [2.24, 2.45) is 0 Å². The van der Waals surface area contributed by atoms with E-state index >= 15 is 0 Å². The Hall–Kier alpha value is -1.86. The van der Waals surface area contributed by atoms with E-state index in [1.54, 1.807) is 6.07 Å². The summed E-state index contributed by atoms with van der Waals surface area (Å²) in [7, 11) is 0. The van der Waals surface area contributed by atoms with Gasteiger partial charge in [-0.3, -0.25) is 0 Å². The molecule has 0 saturated carbocycles. The van der Waals surface area contributed by atoms with Crippen LogP contribution in [-0.4, -0.2) is 34.3 Å². The lowest BCUT2D eigenvalue weighted by molar-refractivity contribution is 0.122. The molecule has 1 aliphatic rings. The molecule has 0 aliphatic carbocycles. The van der Waals surface area contributed by atoms with Gasteiger partial charge in [0.05, 0.1) is 6.10 Å². The number of aliphatic hydroxyl groups is 1. The van der Waals surface area contributed by atoms with E-state index in [4.69, 9.17) is 11.5 Å². The Morgan fingerprint density at radius 2 is 2.00 bits per heavy atom. The molecule has 0 amide bonds. The summed E-state index contributed by atoms with van der Waals surface area (Å²) in [5.41, 5.74) is 12.5. The third kappa shape index (κ3) is 3.00. The Morgan fingerprint density at radius 3 is 2.73 bits per heavy atom. The maximum absolute atomic E-state index is 10.4. The van der Waals surface area contributed by atoms with Crippen LogP contribution in [0.25, 0.3) is 0 Å². The Balaban J connectivity index is 1.89. The molecule has 0 unspecified atom stereocenters. The van der Waals surface area contributed by atoms with Crippen molar-refractivity contribution in [1.82, 2.24) is 9.97 Å². The zero-order valence-electron chi connectivity index (χ0n) is 12.0. The van der Waals surface area contributed by atoms with Crippen LogP contribution >= 0.6 is 15.9 Å². The average molecular weight is 364 g/mol. The summed E-state index contributed by atoms with van der Waals surface area (Å²) in [6.45, 7) is 1.36. The van der Waals surface area contributed by atoms with Gasteiger partial charge in [-0.25, -0.2) is 0 Å². The van der Waals surface area contributed by atoms with Gasteiger partial charge in [0.1, 0.15) is 11.6 Å². The van der Waals surface area contributed by atoms with E-state index in [1.807, 2.05) is 24.3 Å². The first-order chi connectivity index (χ1) is 10.5. The predicted octanol–water partition coefficient (Wildman–Crippen LogP) is 1.76. The van der Waals surface area contributed by atoms with Gasteiger partial charge in [0.25, 0.3) is 0 Å². The highest BCUT2D eigenvalue weighted by Gasteiger charge is 2.31. The first-order valence-electron chi connectivity index (χ1n) is 7.12. The molecule has 0 bridgehead atoms. The minimum Gasteiger partial charge on any atom is -0.392 e. The van der Waals surface area contributed by atoms with Gasteiger partial charge in [0.15, 0.2) is 0 Å². The molecule has 6 nitrogen and oxygen atoms in total. The Kier molecular flexibility index (Phi) is 4.17. The number of benzene rings is 1. The molecule has 5 N–H and O–H groups in total. The fraction of sp³-hybridized carbons (Fsp3) is 0.333. The number of halogens is 1. The quantitative estimate of drug-likeness (QED) is 0.751. The van der Waals surface area contributed by atoms with E-state index in [2.05, 4.69) is 30.8 Å². The number of aromatic nitrogens is 2. The number of nitrogens with zero attached hydrogens (tertiary/aromatic N) is 3. The number of anilines is 3. The Labute approximate surface area is 137 Å². The number of aliphatic hydroxyl groups excluding tert-OH is 1. The van der Waals surface area contributed by atoms with Crippen LogP contribution in [0.2, 0.25) is 0 Å². The molecule has 1 saturated heterocycles. The summed E-state index contributed by atoms with van der Waals surface area (Å²) >= 11 is 3.56. The van der Waals surface area contributed by atoms with Crippen molar-refractivity contribution in [3.63, 3.8) is 0 Å². The number of nitrogens with two attached hydrogens (primary N) is 2. The summed E-state index contributed by atoms with van der Waals surface area (Å²) in [5.74, 6) is 1.22. The van der Waals surface area contributed by atoms with Crippen molar-refractivity contribution in [2.45, 2.75) is 18.4 Å². The number of rotatable bonds is 2. The lowest BCUT2D eigenvalue weighted by Gasteiger charge is -2.37. The summed E-state index contributed by atoms with van der Waals surface area (Å²) in [5, 5.41) is 10.4. The largest absolute Gasteiger partial charge is 0.392 e. The highest BCUT2D eigenvalue weighted by Crippen LogP contribution is 2.33. The summed E-state index contributed by atoms with van der Waals surface area (Å²) < 4.78 is 1.00. The summed E-state index contributed by atoms with van der Waals surface area (Å²) in [4.78, 5) is 10.2. The lowest BCUT2D eigenvalue weighted by Crippen LogP contribution is -2.42. The molecule has 2 atom stereocenters. The number of hydrogen-bond donors (Lipinski definition) is 3. The molecule has 1 aromatic carbocycles. The van der Waals surface area contributed by atoms with Gasteiger partial charge in [-0.15, -0.1) is 0 Å². The minimum absolute atomic E-state index is 0.00161. The van der Waals surface area contributed by atoms with E-state index in [0.717, 1.165) is 10.0 Å². The second-order valence-electron chi connectivity index (χ2n) is 5.44. The molecule has 116 valence electrons. The van der Waals surface area contributed by atoms with Crippen molar-refractivity contribution < 1.29 is 5.11 Å². The molecule has 1 fully saturated rings. The van der Waals surface area contributed by atoms with E-state index in [0.29, 0.717) is 31.1 Å². The van der Waals surface area contributed by atoms with Crippen molar-refractivity contribution in [2.75, 3.05) is 29.5 Å². The molecule has 2 aromatic rings. The van der Waals surface area contributed by atoms with Crippen molar-refractivity contribution in [1.29, 1.82) is 0 Å². The average Bonchev–Trinajstić information content (AvgIpc) is 2.47. The van der Waals surface area contributed by atoms with Crippen LogP contribution in [0.3, 0.4) is 0 Å². The van der Waals surface area contributed by atoms with Gasteiger partial charge in [-0.05, 0) is 18.1 Å². The van der Waals surface area contributed by atoms with Gasteiger partial charge >= 0.3 is 0 Å². The number of piperidine rings is 1. The van der Waals surface area contributed by atoms with Crippen LogP contribution in [-0.2, 0) is 0 Å². The molecular weight excluding hydrogens is 346 g/mol. The van der Waals surface area contributed by atoms with Crippen LogP contribution in [0.5, 0.6) is 0 Å². The van der Waals surface area contributed by atoms with Crippen molar-refractivity contribution >= 4 is 33.5 Å². The Bertz CT molecular complexity index is 660. The zero-order chi connectivity index (χ0) is 15.7. The first-order valence-corrected chi connectivity index (χ1v) is 7.91. The minimum atomic E-state index is -0.383. The zero-order valence-corrected chi connectivity index (χ0v) is 13.6. The van der Waals surface area contributed by atoms with E-state index in [-0.39, 0.29) is 18.0 Å². The van der Waals surface area contributed by atoms with Crippen LogP contribution < -0.4 is 16.4 Å². The topological polar surface area (TPSA) is 101 Å². The molecule has 0 radical (unpaired) electrons. The van der Waals surface area contributed by atoms with Crippen LogP contribution in [0.1, 0.15) is 17.9 Å². The number of nitrogen functional groups attached to an aromatic ring is 2. The lowest BCUT2D eigenvalue weighted by atomic mass is 9.88. The second-order valence-corrected chi connectivity index (χ2v) is 6.29. The standard InChI is InChI=1S/C15H18BrN5O/c16-11-4-2-1-3-9(11)10-8-21(6-5-12(10)22)14-7-13(17)19-15(18)20-14/h1-4,7,10,12,22H,5-6,8H2,(H4,17,18,19,20)/t10-,12+/m1/s1. The highest BCUT2D eigenvalue weighted by atomic mass is 79.9. The molecule has 1 aromatic heterocycles. The van der Waals surface area contributed by atoms with Crippen LogP contribution in [0.4, 0.5) is 17.6 Å². The number of hydrogen-bond acceptors (Lipinski definition) is 6. The maximum Gasteiger partial charge on any atom is 0.223 e. The van der Waals surface area contributed by atoms with Gasteiger partial charge in [0.2, 0.25) is 5.95 Å². The smallest absolute Gasteiger partial charge is 0.223 e. The van der Waals surface area contributed by atoms with Gasteiger partial charge in [-0.2, -0.15) is 9.97 Å². The molecule has 3 rings (SSSR count). The van der Waals surface area contributed by atoms with Gasteiger partial charge < -0.3 is 21.5 Å². The van der Waals surface area contributed by atoms with Crippen LogP contribution in [0.15, 0.2) is 34.8 Å². The highest BCUT2D eigenvalue weighted by molar-refractivity contribution is 9.10. The van der Waals surface area contributed by atoms with Crippen LogP contribution in [0, 0.1) is 0 Å².